The molecule has 1 aromatic heterocycles. The Labute approximate surface area is 148 Å². The van der Waals surface area contributed by atoms with E-state index in [1.165, 1.54) is 17.5 Å². The van der Waals surface area contributed by atoms with Crippen LogP contribution in [0.5, 0.6) is 0 Å². The zero-order chi connectivity index (χ0) is 17.4. The molecule has 0 aliphatic heterocycles. The van der Waals surface area contributed by atoms with Crippen molar-refractivity contribution in [1.29, 1.82) is 0 Å². The number of amides is 1. The molecule has 2 aliphatic rings. The van der Waals surface area contributed by atoms with Crippen molar-refractivity contribution in [3.8, 4) is 0 Å². The average molecular weight is 339 g/mol. The highest BCUT2D eigenvalue weighted by Crippen LogP contribution is 2.31. The molecule has 0 spiro atoms. The summed E-state index contributed by atoms with van der Waals surface area (Å²) in [7, 11) is 0. The van der Waals surface area contributed by atoms with Crippen LogP contribution in [0, 0.1) is 6.92 Å². The van der Waals surface area contributed by atoms with Gasteiger partial charge >= 0.3 is 0 Å². The minimum atomic E-state index is -0.572. The van der Waals surface area contributed by atoms with Gasteiger partial charge in [0.1, 0.15) is 5.82 Å². The molecule has 25 heavy (non-hydrogen) atoms. The fourth-order valence-electron chi connectivity index (χ4n) is 4.34. The third kappa shape index (κ3) is 3.21. The van der Waals surface area contributed by atoms with E-state index in [1.54, 1.807) is 6.20 Å². The minimum Gasteiger partial charge on any atom is -0.389 e. The smallest absolute Gasteiger partial charge is 0.224 e. The molecule has 0 bridgehead atoms. The van der Waals surface area contributed by atoms with E-state index in [9.17, 15) is 9.90 Å². The van der Waals surface area contributed by atoms with Gasteiger partial charge in [-0.3, -0.25) is 4.79 Å². The monoisotopic (exact) mass is 339 g/mol. The van der Waals surface area contributed by atoms with Crippen molar-refractivity contribution >= 4 is 5.91 Å². The number of aryl methyl sites for hydroxylation is 3. The molecule has 0 radical (unpaired) electrons. The van der Waals surface area contributed by atoms with Gasteiger partial charge in [0.2, 0.25) is 5.91 Å². The number of aromatic nitrogens is 2. The molecule has 3 atom stereocenters. The van der Waals surface area contributed by atoms with Gasteiger partial charge < -0.3 is 15.0 Å². The van der Waals surface area contributed by atoms with Crippen molar-refractivity contribution in [2.75, 3.05) is 0 Å². The summed E-state index contributed by atoms with van der Waals surface area (Å²) in [5.41, 5.74) is 3.88. The highest BCUT2D eigenvalue weighted by molar-refractivity contribution is 5.79. The largest absolute Gasteiger partial charge is 0.389 e. The number of aliphatic hydroxyl groups excluding tert-OH is 1. The molecule has 1 saturated carbocycles. The lowest BCUT2D eigenvalue weighted by molar-refractivity contribution is -0.121. The predicted molar refractivity (Wildman–Crippen MR) is 95.3 cm³/mol. The number of hydrogen-bond donors (Lipinski definition) is 2. The third-order valence-electron chi connectivity index (χ3n) is 5.67. The molecular weight excluding hydrogens is 314 g/mol. The van der Waals surface area contributed by atoms with Crippen LogP contribution in [0.3, 0.4) is 0 Å². The zero-order valence-electron chi connectivity index (χ0n) is 14.6. The zero-order valence-corrected chi connectivity index (χ0v) is 14.6. The minimum absolute atomic E-state index is 0.00667. The lowest BCUT2D eigenvalue weighted by Crippen LogP contribution is -2.42. The van der Waals surface area contributed by atoms with Gasteiger partial charge in [0.25, 0.3) is 0 Å². The van der Waals surface area contributed by atoms with E-state index in [0.717, 1.165) is 37.1 Å². The van der Waals surface area contributed by atoms with E-state index in [2.05, 4.69) is 28.5 Å². The molecule has 1 amide bonds. The van der Waals surface area contributed by atoms with Crippen molar-refractivity contribution in [2.45, 2.75) is 63.6 Å². The maximum Gasteiger partial charge on any atom is 0.224 e. The van der Waals surface area contributed by atoms with Crippen molar-refractivity contribution < 1.29 is 9.90 Å². The summed E-state index contributed by atoms with van der Waals surface area (Å²) in [6.07, 6.45) is 8.60. The number of hydrogen-bond acceptors (Lipinski definition) is 3. The van der Waals surface area contributed by atoms with Crippen molar-refractivity contribution in [3.63, 3.8) is 0 Å². The summed E-state index contributed by atoms with van der Waals surface area (Å²) in [6, 6.07) is 6.20. The van der Waals surface area contributed by atoms with Crippen molar-refractivity contribution in [2.24, 2.45) is 0 Å². The molecule has 2 N–H and O–H groups in total. The van der Waals surface area contributed by atoms with E-state index in [-0.39, 0.29) is 18.0 Å². The molecule has 0 saturated heterocycles. The maximum atomic E-state index is 12.4. The quantitative estimate of drug-likeness (QED) is 0.896. The fourth-order valence-corrected chi connectivity index (χ4v) is 4.34. The van der Waals surface area contributed by atoms with Crippen LogP contribution in [0.25, 0.3) is 0 Å². The predicted octanol–water partition coefficient (Wildman–Crippen LogP) is 2.10. The summed E-state index contributed by atoms with van der Waals surface area (Å²) < 4.78 is 2.01. The van der Waals surface area contributed by atoms with E-state index >= 15 is 0 Å². The van der Waals surface area contributed by atoms with Gasteiger partial charge in [-0.1, -0.05) is 18.2 Å². The Morgan fingerprint density at radius 3 is 2.96 bits per heavy atom. The number of nitrogens with one attached hydrogen (secondary N) is 1. The Balaban J connectivity index is 1.37. The van der Waals surface area contributed by atoms with Crippen LogP contribution in [-0.2, 0) is 24.1 Å². The Kier molecular flexibility index (Phi) is 4.34. The van der Waals surface area contributed by atoms with Crippen LogP contribution >= 0.6 is 0 Å². The number of fused-ring (bicyclic) bond motifs is 1. The van der Waals surface area contributed by atoms with Gasteiger partial charge in [0, 0.05) is 12.4 Å². The molecule has 1 fully saturated rings. The lowest BCUT2D eigenvalue weighted by Gasteiger charge is -2.22. The molecule has 2 aromatic rings. The first-order valence-corrected chi connectivity index (χ1v) is 9.19. The molecule has 1 aromatic carbocycles. The number of carbonyl (C=O) groups is 1. The summed E-state index contributed by atoms with van der Waals surface area (Å²) >= 11 is 0. The van der Waals surface area contributed by atoms with Crippen LogP contribution in [0.2, 0.25) is 0 Å². The lowest BCUT2D eigenvalue weighted by atomic mass is 10.0. The van der Waals surface area contributed by atoms with Crippen LogP contribution in [0.15, 0.2) is 30.6 Å². The number of benzene rings is 1. The number of rotatable bonds is 4. The molecule has 4 rings (SSSR count). The number of aliphatic hydroxyl groups is 1. The molecule has 5 heteroatoms. The Morgan fingerprint density at radius 1 is 1.32 bits per heavy atom. The van der Waals surface area contributed by atoms with E-state index in [1.807, 2.05) is 17.7 Å². The first-order chi connectivity index (χ1) is 12.1. The van der Waals surface area contributed by atoms with Gasteiger partial charge in [-0.15, -0.1) is 0 Å². The first kappa shape index (κ1) is 16.3. The topological polar surface area (TPSA) is 67.2 Å². The van der Waals surface area contributed by atoms with E-state index in [0.29, 0.717) is 6.42 Å². The highest BCUT2D eigenvalue weighted by Gasteiger charge is 2.37. The van der Waals surface area contributed by atoms with Crippen LogP contribution in [-0.4, -0.2) is 32.7 Å². The van der Waals surface area contributed by atoms with Gasteiger partial charge in [-0.05, 0) is 55.7 Å². The first-order valence-electron chi connectivity index (χ1n) is 9.19. The Bertz CT molecular complexity index is 783. The second-order valence-corrected chi connectivity index (χ2v) is 7.32. The Morgan fingerprint density at radius 2 is 2.16 bits per heavy atom. The molecule has 0 unspecified atom stereocenters. The highest BCUT2D eigenvalue weighted by atomic mass is 16.3. The fraction of sp³-hybridized carbons (Fsp3) is 0.500. The van der Waals surface area contributed by atoms with Crippen LogP contribution < -0.4 is 5.32 Å². The molecule has 1 heterocycles. The average Bonchev–Trinajstić information content (AvgIpc) is 3.29. The summed E-state index contributed by atoms with van der Waals surface area (Å²) in [5, 5.41) is 13.7. The number of nitrogens with zero attached hydrogens (tertiary/aromatic N) is 2. The van der Waals surface area contributed by atoms with Gasteiger partial charge in [0.05, 0.1) is 24.6 Å². The van der Waals surface area contributed by atoms with Crippen LogP contribution in [0.4, 0.5) is 0 Å². The van der Waals surface area contributed by atoms with E-state index in [4.69, 9.17) is 0 Å². The number of carbonyl (C=O) groups excluding carboxylic acids is 1. The second kappa shape index (κ2) is 6.64. The normalized spacial score (nSPS) is 25.1. The molecule has 2 aliphatic carbocycles. The number of imidazole rings is 1. The van der Waals surface area contributed by atoms with Gasteiger partial charge in [0.15, 0.2) is 0 Å². The second-order valence-electron chi connectivity index (χ2n) is 7.32. The summed E-state index contributed by atoms with van der Waals surface area (Å²) in [6.45, 7) is 1.94. The molecular formula is C20H25N3O2. The Hall–Kier alpha value is -2.14. The van der Waals surface area contributed by atoms with Gasteiger partial charge in [-0.25, -0.2) is 4.98 Å². The van der Waals surface area contributed by atoms with E-state index < -0.39 is 6.10 Å². The van der Waals surface area contributed by atoms with Gasteiger partial charge in [-0.2, -0.15) is 0 Å². The standard InChI is InChI=1S/C20H25N3O2/c1-13-21-9-10-23(13)18-8-7-17(20(18)25)22-19(24)12-14-5-6-15-3-2-4-16(15)11-14/h5-6,9-11,17-18,20,25H,2-4,7-8,12H2,1H3,(H,22,24)/t17-,18-,20-/m1/s1. The SMILES string of the molecule is Cc1nccn1[C@@H]1CC[C@@H](NC(=O)Cc2ccc3c(c2)CCC3)[C@H]1O. The molecule has 5 nitrogen and oxygen atoms in total. The van der Waals surface area contributed by atoms with Crippen molar-refractivity contribution in [3.05, 3.63) is 53.1 Å². The van der Waals surface area contributed by atoms with Crippen molar-refractivity contribution in [1.82, 2.24) is 14.9 Å². The third-order valence-corrected chi connectivity index (χ3v) is 5.67. The summed E-state index contributed by atoms with van der Waals surface area (Å²) in [4.78, 5) is 16.7. The molecule has 132 valence electrons. The maximum absolute atomic E-state index is 12.4. The summed E-state index contributed by atoms with van der Waals surface area (Å²) in [5.74, 6) is 0.888. The van der Waals surface area contributed by atoms with Crippen LogP contribution in [0.1, 0.15) is 47.8 Å².